The van der Waals surface area contributed by atoms with Gasteiger partial charge in [0.05, 0.1) is 24.0 Å². The molecule has 13 rings (SSSR count). The van der Waals surface area contributed by atoms with Crippen LogP contribution in [-0.4, -0.2) is 250 Å². The number of rotatable bonds is 18. The summed E-state index contributed by atoms with van der Waals surface area (Å²) < 4.78 is 71.3. The second-order valence-corrected chi connectivity index (χ2v) is 26.7. The summed E-state index contributed by atoms with van der Waals surface area (Å²) in [6, 6.07) is 20.5. The molecule has 0 spiro atoms. The highest BCUT2D eigenvalue weighted by atomic mass is 16.8. The van der Waals surface area contributed by atoms with E-state index >= 15 is 9.59 Å². The van der Waals surface area contributed by atoms with Crippen molar-refractivity contribution < 1.29 is 168 Å². The number of phenolic OH excluding ortho intramolecular Hbond substituents is 10. The van der Waals surface area contributed by atoms with Gasteiger partial charge in [-0.25, -0.2) is 0 Å². The van der Waals surface area contributed by atoms with Crippen molar-refractivity contribution in [2.45, 2.75) is 149 Å². The minimum atomic E-state index is -2.27. The minimum Gasteiger partial charge on any atom is -0.508 e. The molecule has 5 fully saturated rings. The summed E-state index contributed by atoms with van der Waals surface area (Å²) in [6.07, 6.45) is -40.5. The quantitative estimate of drug-likeness (QED) is 0.0396. The first-order valence-corrected chi connectivity index (χ1v) is 33.4. The third-order valence-corrected chi connectivity index (χ3v) is 19.7. The van der Waals surface area contributed by atoms with E-state index in [1.54, 1.807) is 0 Å². The van der Waals surface area contributed by atoms with E-state index in [1.165, 1.54) is 74.5 Å². The van der Waals surface area contributed by atoms with Crippen LogP contribution in [0.15, 0.2) is 128 Å². The summed E-state index contributed by atoms with van der Waals surface area (Å²) in [5.74, 6) is -16.6. The van der Waals surface area contributed by atoms with Crippen LogP contribution in [0.1, 0.15) is 36.8 Å². The van der Waals surface area contributed by atoms with E-state index in [9.17, 15) is 112 Å². The highest BCUT2D eigenvalue weighted by molar-refractivity contribution is 5.90. The van der Waals surface area contributed by atoms with Crippen molar-refractivity contribution in [3.63, 3.8) is 0 Å². The van der Waals surface area contributed by atoms with E-state index in [2.05, 4.69) is 0 Å². The van der Waals surface area contributed by atoms with E-state index < -0.39 is 273 Å². The number of aliphatic hydroxyl groups is 10. The monoisotopic (exact) mass is 1510 g/mol. The number of esters is 2. The molecule has 5 aliphatic rings. The third-order valence-electron chi connectivity index (χ3n) is 19.7. The number of fused-ring (bicyclic) bond motifs is 2. The first-order chi connectivity index (χ1) is 51.3. The molecule has 576 valence electrons. The Hall–Kier alpha value is -10.4. The van der Waals surface area contributed by atoms with Gasteiger partial charge in [-0.3, -0.25) is 19.2 Å². The van der Waals surface area contributed by atoms with Gasteiger partial charge in [-0.2, -0.15) is 0 Å². The fourth-order valence-corrected chi connectivity index (χ4v) is 13.9. The normalized spacial score (nSPS) is 32.0. The highest BCUT2D eigenvalue weighted by Crippen LogP contribution is 2.59. The molecule has 4 saturated heterocycles. The van der Waals surface area contributed by atoms with Gasteiger partial charge in [-0.1, -0.05) is 24.3 Å². The molecule has 2 aromatic heterocycles. The Kier molecular flexibility index (Phi) is 21.1. The van der Waals surface area contributed by atoms with Gasteiger partial charge in [0.1, 0.15) is 143 Å². The molecule has 6 aromatic carbocycles. The zero-order chi connectivity index (χ0) is 77.5. The lowest BCUT2D eigenvalue weighted by atomic mass is 9.52. The molecule has 108 heavy (non-hydrogen) atoms. The largest absolute Gasteiger partial charge is 0.508 e. The summed E-state index contributed by atoms with van der Waals surface area (Å²) in [6.45, 7) is 0.433. The lowest BCUT2D eigenvalue weighted by molar-refractivity contribution is -0.356. The number of benzene rings is 6. The molecule has 4 aliphatic heterocycles. The summed E-state index contributed by atoms with van der Waals surface area (Å²) >= 11 is 0. The Labute approximate surface area is 605 Å². The van der Waals surface area contributed by atoms with Crippen molar-refractivity contribution in [2.24, 2.45) is 11.8 Å². The maximum Gasteiger partial charge on any atom is 0.310 e. The van der Waals surface area contributed by atoms with Gasteiger partial charge in [-0.15, -0.1) is 0 Å². The average molecular weight is 1510 g/mol. The fraction of sp³-hybridized carbons (Fsp3) is 0.389. The standard InChI is InChI=1S/C72H72O36/c1-23-49(83)57(91)65(71(99-23)105-63-53(87)45-37(81)17-31(75)19-39(45)101-61(63)27-7-13-33(77)35(79)15-27)107-69-59(93)55(89)51(85)41(103-69)21-97-67(95)47-43(25-3-9-29(73)10-4-25)44(26-5-11-30(74)12-6-26)48(47)68(96)98-22-42-52(86)56(90)60(94)70(104-42)108-66-58(92)50(84)24(2)100-72(66)106-64-54(88)46-38(82)18-32(76)20-40(46)102-62(64)28-8-14-34(78)36(80)16-28/h3-20,23-24,41-44,47-52,55-60,65-66,69-86,89-94H,21-22H2,1-2H3/t23-,24-,41+,42+,43-,44+,47+,48-,49-,50-,51+,52+,55-,56-,57+,58+,59+,60+,65+,66+,69-,70-,71-,72-/m0/s1. The first kappa shape index (κ1) is 75.9. The molecule has 36 heteroatoms. The third kappa shape index (κ3) is 14.2. The predicted octanol–water partition coefficient (Wildman–Crippen LogP) is -0.0340. The molecular formula is C72H72O36. The van der Waals surface area contributed by atoms with E-state index in [-0.39, 0.29) is 22.6 Å². The van der Waals surface area contributed by atoms with E-state index in [0.29, 0.717) is 11.1 Å². The minimum absolute atomic E-state index is 0.159. The van der Waals surface area contributed by atoms with Crippen LogP contribution >= 0.6 is 0 Å². The van der Waals surface area contributed by atoms with Crippen LogP contribution in [0.5, 0.6) is 69.0 Å². The Morgan fingerprint density at radius 3 is 1.08 bits per heavy atom. The first-order valence-electron chi connectivity index (χ1n) is 33.4. The molecule has 36 nitrogen and oxygen atoms in total. The van der Waals surface area contributed by atoms with Crippen LogP contribution in [0, 0.1) is 11.8 Å². The maximum absolute atomic E-state index is 15.0. The molecule has 8 aromatic rings. The SMILES string of the molecule is C[C@@H]1O[C@@H](Oc2c(-c3ccc(O)c(O)c3)oc3cc(O)cc(O)c3c2=O)[C@H](O[C@@H]2O[C@H](COC(=O)[C@@H]3[C@H](C(=O)OC[C@H]4O[C@@H](O[C@H]5[C@H](Oc6c(-c7ccc(O)c(O)c7)oc7cc(O)cc(O)c7c6=O)O[C@@H](C)[C@H](O)[C@H]5O)[C@H](O)[C@@H](O)[C@@H]4O)[C@@H](c4ccc(O)cc4)[C@H]3c3ccc(O)cc3)[C@@H](O)[C@H](O)[C@H]2O)[C@H](O)[C@H]1O. The number of ether oxygens (including phenoxy) is 10. The number of hydrogen-bond donors (Lipinski definition) is 20. The Morgan fingerprint density at radius 1 is 0.370 bits per heavy atom. The number of phenols is 10. The second-order valence-electron chi connectivity index (χ2n) is 26.7. The van der Waals surface area contributed by atoms with Gasteiger partial charge < -0.3 is 158 Å². The number of aliphatic hydroxyl groups excluding tert-OH is 10. The average Bonchev–Trinajstić information content (AvgIpc) is 0.720. The van der Waals surface area contributed by atoms with Crippen molar-refractivity contribution in [3.05, 3.63) is 141 Å². The lowest BCUT2D eigenvalue weighted by Crippen LogP contribution is -2.64. The predicted molar refractivity (Wildman–Crippen MR) is 357 cm³/mol. The van der Waals surface area contributed by atoms with Crippen LogP contribution in [-0.2, 0) is 47.5 Å². The molecule has 24 atom stereocenters. The Balaban J connectivity index is 0.757. The summed E-state index contributed by atoms with van der Waals surface area (Å²) in [5.41, 5.74) is -2.88. The van der Waals surface area contributed by atoms with Gasteiger partial charge in [0, 0.05) is 47.2 Å². The number of aromatic hydroxyl groups is 10. The number of hydrogen-bond acceptors (Lipinski definition) is 36. The molecule has 0 bridgehead atoms. The summed E-state index contributed by atoms with van der Waals surface area (Å²) in [4.78, 5) is 58.8. The molecule has 0 amide bonds. The molecular weight excluding hydrogens is 1440 g/mol. The van der Waals surface area contributed by atoms with Gasteiger partial charge in [-0.05, 0) is 85.6 Å². The fourth-order valence-electron chi connectivity index (χ4n) is 13.9. The zero-order valence-corrected chi connectivity index (χ0v) is 56.1. The molecule has 0 unspecified atom stereocenters. The zero-order valence-electron chi connectivity index (χ0n) is 56.1. The maximum atomic E-state index is 15.0. The summed E-state index contributed by atoms with van der Waals surface area (Å²) in [5, 5.41) is 217. The van der Waals surface area contributed by atoms with Crippen LogP contribution in [0.2, 0.25) is 0 Å². The highest BCUT2D eigenvalue weighted by Gasteiger charge is 2.61. The Morgan fingerprint density at radius 2 is 0.731 bits per heavy atom. The van der Waals surface area contributed by atoms with E-state index in [0.717, 1.165) is 48.5 Å². The second kappa shape index (κ2) is 30.0. The van der Waals surface area contributed by atoms with Crippen LogP contribution in [0.4, 0.5) is 0 Å². The van der Waals surface area contributed by atoms with E-state index in [1.807, 2.05) is 0 Å². The van der Waals surface area contributed by atoms with Crippen LogP contribution in [0.3, 0.4) is 0 Å². The van der Waals surface area contributed by atoms with Gasteiger partial charge in [0.25, 0.3) is 0 Å². The molecule has 6 heterocycles. The van der Waals surface area contributed by atoms with E-state index in [4.69, 9.17) is 56.2 Å². The van der Waals surface area contributed by atoms with Crippen molar-refractivity contribution in [1.29, 1.82) is 0 Å². The molecule has 1 saturated carbocycles. The summed E-state index contributed by atoms with van der Waals surface area (Å²) in [7, 11) is 0. The van der Waals surface area contributed by atoms with Crippen LogP contribution < -0.4 is 20.3 Å². The van der Waals surface area contributed by atoms with Crippen molar-refractivity contribution in [3.8, 4) is 91.6 Å². The van der Waals surface area contributed by atoms with Gasteiger partial charge >= 0.3 is 11.9 Å². The van der Waals surface area contributed by atoms with Crippen LogP contribution in [0.25, 0.3) is 44.6 Å². The molecule has 0 radical (unpaired) electrons. The van der Waals surface area contributed by atoms with Crippen molar-refractivity contribution >= 4 is 33.9 Å². The Bertz CT molecular complexity index is 4500. The molecule has 1 aliphatic carbocycles. The molecule has 20 N–H and O–H groups in total. The van der Waals surface area contributed by atoms with Gasteiger partial charge in [0.2, 0.25) is 34.9 Å². The lowest BCUT2D eigenvalue weighted by Gasteiger charge is -2.50. The number of carbonyl (C=O) groups is 2. The van der Waals surface area contributed by atoms with Crippen molar-refractivity contribution in [2.75, 3.05) is 13.2 Å². The van der Waals surface area contributed by atoms with Gasteiger partial charge in [0.15, 0.2) is 59.3 Å². The van der Waals surface area contributed by atoms with Crippen molar-refractivity contribution in [1.82, 2.24) is 0 Å². The smallest absolute Gasteiger partial charge is 0.310 e. The number of carbonyl (C=O) groups excluding carboxylic acids is 2. The topological polar surface area (TPSA) is 591 Å².